The zero-order chi connectivity index (χ0) is 15.9. The molecule has 0 aromatic rings. The molecule has 0 bridgehead atoms. The van der Waals surface area contributed by atoms with Gasteiger partial charge in [0.05, 0.1) is 0 Å². The van der Waals surface area contributed by atoms with Crippen molar-refractivity contribution in [1.29, 1.82) is 0 Å². The van der Waals surface area contributed by atoms with Crippen molar-refractivity contribution < 1.29 is 0 Å². The van der Waals surface area contributed by atoms with Gasteiger partial charge in [-0.2, -0.15) is 0 Å². The summed E-state index contributed by atoms with van der Waals surface area (Å²) in [6.45, 7) is 29.0. The molecular weight excluding hydrogens is 280 g/mol. The predicted octanol–water partition coefficient (Wildman–Crippen LogP) is 4.88. The highest BCUT2D eigenvalue weighted by atomic mass is 28.4. The minimum atomic E-state index is -1.57. The summed E-state index contributed by atoms with van der Waals surface area (Å²) in [6.07, 6.45) is 0. The van der Waals surface area contributed by atoms with E-state index in [1.54, 1.807) is 0 Å². The van der Waals surface area contributed by atoms with Crippen LogP contribution in [0, 0.1) is 0 Å². The first-order valence-electron chi connectivity index (χ1n) is 7.50. The molecule has 0 aliphatic heterocycles. The molecule has 116 valence electrons. The van der Waals surface area contributed by atoms with Gasteiger partial charge in [0.2, 0.25) is 0 Å². The van der Waals surface area contributed by atoms with Crippen molar-refractivity contribution in [1.82, 2.24) is 9.30 Å². The fourth-order valence-electron chi connectivity index (χ4n) is 1.97. The quantitative estimate of drug-likeness (QED) is 0.722. The molecule has 0 amide bonds. The van der Waals surface area contributed by atoms with Crippen molar-refractivity contribution in [3.63, 3.8) is 0 Å². The summed E-state index contributed by atoms with van der Waals surface area (Å²) in [5.41, 5.74) is 0. The van der Waals surface area contributed by atoms with Crippen molar-refractivity contribution in [3.8, 4) is 0 Å². The monoisotopic (exact) mass is 318 g/mol. The van der Waals surface area contributed by atoms with Gasteiger partial charge in [0.25, 0.3) is 0 Å². The van der Waals surface area contributed by atoms with E-state index in [9.17, 15) is 0 Å². The second kappa shape index (κ2) is 5.40. The Hall–Kier alpha value is 0.571. The molecule has 0 saturated heterocycles. The highest BCUT2D eigenvalue weighted by Gasteiger charge is 2.44. The van der Waals surface area contributed by atoms with Crippen LogP contribution in [0.15, 0.2) is 0 Å². The van der Waals surface area contributed by atoms with Crippen LogP contribution in [0.25, 0.3) is 0 Å². The number of hydrogen-bond acceptors (Lipinski definition) is 2. The average Bonchev–Trinajstić information content (AvgIpc) is 1.93. The second-order valence-electron chi connectivity index (χ2n) is 9.62. The van der Waals surface area contributed by atoms with Crippen LogP contribution in [-0.2, 0) is 0 Å². The van der Waals surface area contributed by atoms with Crippen molar-refractivity contribution in [2.24, 2.45) is 0 Å². The van der Waals surface area contributed by atoms with Gasteiger partial charge in [0.1, 0.15) is 16.5 Å². The minimum absolute atomic E-state index is 0.395. The van der Waals surface area contributed by atoms with E-state index in [2.05, 4.69) is 90.1 Å². The van der Waals surface area contributed by atoms with Gasteiger partial charge in [-0.15, -0.1) is 0 Å². The van der Waals surface area contributed by atoms with Gasteiger partial charge in [-0.05, 0) is 23.2 Å². The van der Waals surface area contributed by atoms with Crippen LogP contribution >= 0.6 is 0 Å². The maximum Gasteiger partial charge on any atom is 0.181 e. The molecule has 2 N–H and O–H groups in total. The van der Waals surface area contributed by atoms with Gasteiger partial charge in [-0.3, -0.25) is 0 Å². The van der Waals surface area contributed by atoms with Gasteiger partial charge >= 0.3 is 0 Å². The standard InChI is InChI=1S/C14H38N2Si3/c1-13(2,3)17(7,8)15-19(11,12)16-18(9,10)14(4,5)6/h15-16H,1-12H3. The normalized spacial score (nSPS) is 15.8. The van der Waals surface area contributed by atoms with Crippen LogP contribution in [0.2, 0.25) is 49.4 Å². The SMILES string of the molecule is CC(C)(C)[Si](C)(C)N[Si](C)(C)N[Si](C)(C)C(C)(C)C. The Morgan fingerprint density at radius 1 is 0.526 bits per heavy atom. The molecule has 19 heavy (non-hydrogen) atoms. The highest BCUT2D eigenvalue weighted by Crippen LogP contribution is 2.36. The molecule has 0 aromatic carbocycles. The van der Waals surface area contributed by atoms with Crippen molar-refractivity contribution in [3.05, 3.63) is 0 Å². The Balaban J connectivity index is 5.03. The molecule has 0 aliphatic carbocycles. The zero-order valence-corrected chi connectivity index (χ0v) is 18.5. The molecule has 0 heterocycles. The summed E-state index contributed by atoms with van der Waals surface area (Å²) in [5, 5.41) is 0.790. The van der Waals surface area contributed by atoms with Gasteiger partial charge in [-0.1, -0.05) is 67.7 Å². The molecule has 5 heteroatoms. The van der Waals surface area contributed by atoms with E-state index in [1.807, 2.05) is 0 Å². The van der Waals surface area contributed by atoms with Crippen LogP contribution in [0.1, 0.15) is 41.5 Å². The molecule has 0 fully saturated rings. The first-order valence-corrected chi connectivity index (χ1v) is 16.5. The lowest BCUT2D eigenvalue weighted by atomic mass is 10.2. The lowest BCUT2D eigenvalue weighted by Crippen LogP contribution is -2.75. The molecule has 0 atom stereocenters. The maximum atomic E-state index is 4.10. The Morgan fingerprint density at radius 2 is 0.737 bits per heavy atom. The van der Waals surface area contributed by atoms with Crippen molar-refractivity contribution in [2.45, 2.75) is 90.9 Å². The van der Waals surface area contributed by atoms with E-state index in [1.165, 1.54) is 0 Å². The average molecular weight is 319 g/mol. The topological polar surface area (TPSA) is 24.1 Å². The summed E-state index contributed by atoms with van der Waals surface area (Å²) in [7, 11) is -4.43. The Labute approximate surface area is 125 Å². The summed E-state index contributed by atoms with van der Waals surface area (Å²) < 4.78 is 8.20. The van der Waals surface area contributed by atoms with Crippen LogP contribution in [-0.4, -0.2) is 24.9 Å². The first-order chi connectivity index (χ1) is 7.91. The summed E-state index contributed by atoms with van der Waals surface area (Å²) in [6, 6.07) is 0. The largest absolute Gasteiger partial charge is 0.348 e. The summed E-state index contributed by atoms with van der Waals surface area (Å²) in [4.78, 5) is 0. The predicted molar refractivity (Wildman–Crippen MR) is 98.1 cm³/mol. The molecular formula is C14H38N2Si3. The lowest BCUT2D eigenvalue weighted by Gasteiger charge is -2.48. The Kier molecular flexibility index (Phi) is 5.57. The van der Waals surface area contributed by atoms with E-state index < -0.39 is 24.9 Å². The molecule has 0 rings (SSSR count). The first kappa shape index (κ1) is 19.6. The fourth-order valence-corrected chi connectivity index (χ4v) is 18.3. The molecule has 0 radical (unpaired) electrons. The zero-order valence-electron chi connectivity index (χ0n) is 15.5. The highest BCUT2D eigenvalue weighted by molar-refractivity contribution is 6.98. The molecule has 0 aromatic heterocycles. The van der Waals surface area contributed by atoms with Crippen LogP contribution in [0.5, 0.6) is 0 Å². The number of rotatable bonds is 4. The van der Waals surface area contributed by atoms with Crippen LogP contribution < -0.4 is 9.30 Å². The molecule has 0 spiro atoms. The molecule has 0 unspecified atom stereocenters. The van der Waals surface area contributed by atoms with E-state index in [0.717, 1.165) is 0 Å². The van der Waals surface area contributed by atoms with Crippen LogP contribution in [0.4, 0.5) is 0 Å². The second-order valence-corrected chi connectivity index (χ2v) is 24.4. The van der Waals surface area contributed by atoms with Crippen LogP contribution in [0.3, 0.4) is 0 Å². The number of nitrogens with one attached hydrogen (secondary N) is 2. The molecule has 0 saturated carbocycles. The molecule has 2 nitrogen and oxygen atoms in total. The summed E-state index contributed by atoms with van der Waals surface area (Å²) in [5.74, 6) is 0. The van der Waals surface area contributed by atoms with Crippen molar-refractivity contribution >= 4 is 24.9 Å². The maximum absolute atomic E-state index is 4.10. The van der Waals surface area contributed by atoms with Gasteiger partial charge in [-0.25, -0.2) is 0 Å². The fraction of sp³-hybridized carbons (Fsp3) is 1.00. The third-order valence-corrected chi connectivity index (χ3v) is 22.5. The summed E-state index contributed by atoms with van der Waals surface area (Å²) >= 11 is 0. The molecule has 0 aliphatic rings. The van der Waals surface area contributed by atoms with E-state index in [-0.39, 0.29) is 0 Å². The van der Waals surface area contributed by atoms with Gasteiger partial charge in [0, 0.05) is 0 Å². The van der Waals surface area contributed by atoms with Gasteiger partial charge in [0.15, 0.2) is 8.40 Å². The smallest absolute Gasteiger partial charge is 0.181 e. The van der Waals surface area contributed by atoms with Crippen molar-refractivity contribution in [2.75, 3.05) is 0 Å². The van der Waals surface area contributed by atoms with E-state index >= 15 is 0 Å². The number of hydrogen-bond donors (Lipinski definition) is 2. The lowest BCUT2D eigenvalue weighted by molar-refractivity contribution is 0.701. The van der Waals surface area contributed by atoms with E-state index in [0.29, 0.717) is 10.1 Å². The van der Waals surface area contributed by atoms with Gasteiger partial charge < -0.3 is 9.30 Å². The third kappa shape index (κ3) is 5.46. The van der Waals surface area contributed by atoms with E-state index in [4.69, 9.17) is 0 Å². The third-order valence-electron chi connectivity index (χ3n) is 5.00. The minimum Gasteiger partial charge on any atom is -0.348 e. The Bertz CT molecular complexity index is 280. The Morgan fingerprint density at radius 3 is 0.895 bits per heavy atom.